The van der Waals surface area contributed by atoms with Gasteiger partial charge in [0.2, 0.25) is 5.90 Å². The Hall–Kier alpha value is -1.64. The van der Waals surface area contributed by atoms with Gasteiger partial charge in [0.15, 0.2) is 5.70 Å². The second-order valence-electron chi connectivity index (χ2n) is 1.56. The van der Waals surface area contributed by atoms with Gasteiger partial charge in [-0.25, -0.2) is 0 Å². The van der Waals surface area contributed by atoms with Gasteiger partial charge in [0, 0.05) is 6.08 Å². The molecule has 0 aromatic rings. The monoisotopic (exact) mass is 158 g/mol. The highest BCUT2D eigenvalue weighted by Crippen LogP contribution is 2.05. The molecule has 1 radical (unpaired) electrons. The van der Waals surface area contributed by atoms with Crippen LogP contribution in [0.1, 0.15) is 0 Å². The van der Waals surface area contributed by atoms with Gasteiger partial charge in [-0.3, -0.25) is 0 Å². The van der Waals surface area contributed by atoms with E-state index in [9.17, 15) is 8.78 Å². The third-order valence-electron chi connectivity index (χ3n) is 0.841. The third kappa shape index (κ3) is 1.89. The lowest BCUT2D eigenvalue weighted by Crippen LogP contribution is -2.04. The van der Waals surface area contributed by atoms with Gasteiger partial charge in [-0.2, -0.15) is 14.0 Å². The fraction of sp³-hybridized carbons (Fsp3) is 0.200. The van der Waals surface area contributed by atoms with Gasteiger partial charge < -0.3 is 4.74 Å². The number of hydrogen-bond acceptors (Lipinski definition) is 3. The van der Waals surface area contributed by atoms with Crippen LogP contribution in [0.25, 0.3) is 0 Å². The maximum absolute atomic E-state index is 11.5. The zero-order chi connectivity index (χ0) is 8.27. The third-order valence-corrected chi connectivity index (χ3v) is 0.841. The average molecular weight is 158 g/mol. The number of nitriles is 1. The summed E-state index contributed by atoms with van der Waals surface area (Å²) in [7, 11) is 0. The topological polar surface area (TPSA) is 59.5 Å². The number of ether oxygens (including phenoxy) is 1. The van der Waals surface area contributed by atoms with Crippen LogP contribution >= 0.6 is 0 Å². The van der Waals surface area contributed by atoms with Crippen molar-refractivity contribution in [3.8, 4) is 6.07 Å². The first-order valence-corrected chi connectivity index (χ1v) is 2.57. The van der Waals surface area contributed by atoms with Gasteiger partial charge in [-0.1, -0.05) is 0 Å². The van der Waals surface area contributed by atoms with Crippen LogP contribution in [0.2, 0.25) is 0 Å². The number of hydrogen-bond donors (Lipinski definition) is 0. The molecule has 57 valence electrons. The van der Waals surface area contributed by atoms with Crippen molar-refractivity contribution in [2.24, 2.45) is 5.10 Å². The van der Waals surface area contributed by atoms with Crippen LogP contribution < -0.4 is 5.43 Å². The number of alkyl halides is 2. The predicted octanol–water partition coefficient (Wildman–Crippen LogP) is 0.565. The largest absolute Gasteiger partial charge is 0.415 e. The first-order chi connectivity index (χ1) is 5.22. The Morgan fingerprint density at radius 1 is 1.64 bits per heavy atom. The van der Waals surface area contributed by atoms with Crippen LogP contribution in [0.4, 0.5) is 8.78 Å². The average Bonchev–Trinajstić information content (AvgIpc) is 2.34. The number of halogens is 2. The minimum atomic E-state index is -2.93. The number of rotatable bonds is 1. The van der Waals surface area contributed by atoms with Crippen molar-refractivity contribution in [1.82, 2.24) is 5.43 Å². The van der Waals surface area contributed by atoms with Crippen molar-refractivity contribution < 1.29 is 13.5 Å². The molecule has 1 heterocycles. The zero-order valence-corrected chi connectivity index (χ0v) is 5.16. The fourth-order valence-electron chi connectivity index (χ4n) is 0.481. The summed E-state index contributed by atoms with van der Waals surface area (Å²) in [6, 6.07) is 1.62. The molecule has 1 aliphatic rings. The molecular weight excluding hydrogens is 156 g/mol. The van der Waals surface area contributed by atoms with E-state index in [1.807, 2.05) is 0 Å². The van der Waals surface area contributed by atoms with E-state index in [0.717, 1.165) is 6.08 Å². The molecular formula is C5H2F2N3O. The normalized spacial score (nSPS) is 15.1. The highest BCUT2D eigenvalue weighted by atomic mass is 19.3. The van der Waals surface area contributed by atoms with E-state index in [1.54, 1.807) is 6.07 Å². The fourth-order valence-corrected chi connectivity index (χ4v) is 0.481. The summed E-state index contributed by atoms with van der Waals surface area (Å²) in [5.74, 6) is -0.337. The maximum atomic E-state index is 11.5. The molecule has 0 bridgehead atoms. The lowest BCUT2D eigenvalue weighted by Gasteiger charge is -1.97. The summed E-state index contributed by atoms with van der Waals surface area (Å²) in [5.41, 5.74) is 3.18. The molecule has 4 nitrogen and oxygen atoms in total. The minimum absolute atomic E-state index is 0.0411. The molecule has 0 aromatic carbocycles. The van der Waals surface area contributed by atoms with Crippen LogP contribution in [0.3, 0.4) is 0 Å². The number of nitrogens with zero attached hydrogens (tertiary/aromatic N) is 3. The van der Waals surface area contributed by atoms with Crippen LogP contribution in [0, 0.1) is 11.3 Å². The quantitative estimate of drug-likeness (QED) is 0.559. The zero-order valence-electron chi connectivity index (χ0n) is 5.16. The van der Waals surface area contributed by atoms with Gasteiger partial charge >= 0.3 is 6.61 Å². The molecule has 0 atom stereocenters. The Balaban J connectivity index is 2.52. The van der Waals surface area contributed by atoms with Crippen LogP contribution in [-0.2, 0) is 4.74 Å². The van der Waals surface area contributed by atoms with Crippen molar-refractivity contribution in [2.45, 2.75) is 6.61 Å². The molecule has 0 saturated heterocycles. The summed E-state index contributed by atoms with van der Waals surface area (Å²) in [6.45, 7) is -2.93. The van der Waals surface area contributed by atoms with Crippen molar-refractivity contribution in [3.05, 3.63) is 11.8 Å². The van der Waals surface area contributed by atoms with E-state index in [-0.39, 0.29) is 11.6 Å². The Bertz CT molecular complexity index is 253. The van der Waals surface area contributed by atoms with Crippen molar-refractivity contribution in [1.29, 1.82) is 5.26 Å². The Morgan fingerprint density at radius 3 is 2.82 bits per heavy atom. The van der Waals surface area contributed by atoms with Gasteiger partial charge in [0.25, 0.3) is 0 Å². The highest BCUT2D eigenvalue weighted by Gasteiger charge is 2.14. The summed E-state index contributed by atoms with van der Waals surface area (Å²) in [5, 5.41) is 11.3. The summed E-state index contributed by atoms with van der Waals surface area (Å²) >= 11 is 0. The first kappa shape index (κ1) is 7.47. The second-order valence-corrected chi connectivity index (χ2v) is 1.56. The highest BCUT2D eigenvalue weighted by molar-refractivity contribution is 5.90. The molecule has 0 saturated carbocycles. The van der Waals surface area contributed by atoms with Crippen LogP contribution in [0.15, 0.2) is 16.9 Å². The smallest absolute Gasteiger partial charge is 0.388 e. The molecule has 6 heteroatoms. The van der Waals surface area contributed by atoms with Gasteiger partial charge in [-0.15, -0.1) is 10.5 Å². The summed E-state index contributed by atoms with van der Waals surface area (Å²) in [6.07, 6.45) is 1.03. The lowest BCUT2D eigenvalue weighted by atomic mass is 10.4. The summed E-state index contributed by atoms with van der Waals surface area (Å²) in [4.78, 5) is 0. The second kappa shape index (κ2) is 2.96. The first-order valence-electron chi connectivity index (χ1n) is 2.57. The van der Waals surface area contributed by atoms with E-state index >= 15 is 0 Å². The van der Waals surface area contributed by atoms with E-state index in [0.29, 0.717) is 0 Å². The molecule has 0 amide bonds. The standard InChI is InChI=1S/C5H2F2N3O/c6-5(7)11-4-1-3(2-8)9-10-4/h1,5H. The lowest BCUT2D eigenvalue weighted by molar-refractivity contribution is -0.0593. The Labute approximate surface area is 60.8 Å². The SMILES string of the molecule is N#CC1=CC(OC(F)F)=N[N]1. The molecule has 0 N–H and O–H groups in total. The molecule has 1 rings (SSSR count). The van der Waals surface area contributed by atoms with Gasteiger partial charge in [0.05, 0.1) is 0 Å². The van der Waals surface area contributed by atoms with Crippen molar-refractivity contribution in [3.63, 3.8) is 0 Å². The predicted molar refractivity (Wildman–Crippen MR) is 30.4 cm³/mol. The molecule has 11 heavy (non-hydrogen) atoms. The maximum Gasteiger partial charge on any atom is 0.388 e. The Morgan fingerprint density at radius 2 is 2.36 bits per heavy atom. The van der Waals surface area contributed by atoms with E-state index in [2.05, 4.69) is 15.3 Å². The van der Waals surface area contributed by atoms with Crippen molar-refractivity contribution in [2.75, 3.05) is 0 Å². The minimum Gasteiger partial charge on any atom is -0.415 e. The molecule has 0 unspecified atom stereocenters. The molecule has 0 spiro atoms. The molecule has 0 fully saturated rings. The summed E-state index contributed by atoms with van der Waals surface area (Å²) < 4.78 is 26.8. The molecule has 0 aromatic heterocycles. The van der Waals surface area contributed by atoms with E-state index in [4.69, 9.17) is 5.26 Å². The van der Waals surface area contributed by atoms with Crippen molar-refractivity contribution >= 4 is 5.90 Å². The molecule has 0 aliphatic carbocycles. The van der Waals surface area contributed by atoms with E-state index in [1.165, 1.54) is 0 Å². The Kier molecular flexibility index (Phi) is 2.01. The van der Waals surface area contributed by atoms with Crippen LogP contribution in [-0.4, -0.2) is 12.5 Å². The number of allylic oxidation sites excluding steroid dienone is 1. The van der Waals surface area contributed by atoms with Gasteiger partial charge in [0.1, 0.15) is 6.07 Å². The van der Waals surface area contributed by atoms with Crippen LogP contribution in [0.5, 0.6) is 0 Å². The molecule has 1 aliphatic heterocycles. The van der Waals surface area contributed by atoms with E-state index < -0.39 is 6.61 Å². The van der Waals surface area contributed by atoms with Gasteiger partial charge in [-0.05, 0) is 0 Å².